The van der Waals surface area contributed by atoms with Gasteiger partial charge in [-0.15, -0.1) is 0 Å². The minimum Gasteiger partial charge on any atom is -0.478 e. The highest BCUT2D eigenvalue weighted by molar-refractivity contribution is 5.94. The Bertz CT molecular complexity index is 643. The molecular weight excluding hydrogens is 271 g/mol. The number of rotatable bonds is 3. The molecule has 1 saturated carbocycles. The quantitative estimate of drug-likeness (QED) is 0.932. The molecule has 21 heavy (non-hydrogen) atoms. The van der Waals surface area contributed by atoms with Crippen molar-refractivity contribution in [2.75, 3.05) is 0 Å². The van der Waals surface area contributed by atoms with Gasteiger partial charge in [0.2, 0.25) is 0 Å². The predicted octanol–water partition coefficient (Wildman–Crippen LogP) is 3.89. The maximum absolute atomic E-state index is 13.1. The summed E-state index contributed by atoms with van der Waals surface area (Å²) >= 11 is 0. The third-order valence-corrected chi connectivity index (χ3v) is 4.06. The number of aromatic carboxylic acids is 1. The van der Waals surface area contributed by atoms with Crippen LogP contribution >= 0.6 is 0 Å². The van der Waals surface area contributed by atoms with Crippen molar-refractivity contribution in [3.05, 3.63) is 41.8 Å². The Balaban J connectivity index is 2.08. The van der Waals surface area contributed by atoms with Crippen LogP contribution in [0.25, 0.3) is 11.3 Å². The molecule has 1 aromatic carbocycles. The summed E-state index contributed by atoms with van der Waals surface area (Å²) in [4.78, 5) is 11.4. The van der Waals surface area contributed by atoms with Crippen LogP contribution in [0.4, 0.5) is 4.39 Å². The lowest BCUT2D eigenvalue weighted by molar-refractivity contribution is 0.0697. The van der Waals surface area contributed by atoms with Crippen molar-refractivity contribution >= 4 is 5.97 Å². The number of carboxylic acid groups (broad SMARTS) is 1. The Kier molecular flexibility index (Phi) is 3.73. The zero-order valence-electron chi connectivity index (χ0n) is 11.6. The molecule has 0 bridgehead atoms. The minimum absolute atomic E-state index is 0.173. The molecule has 0 amide bonds. The van der Waals surface area contributed by atoms with Gasteiger partial charge >= 0.3 is 5.97 Å². The van der Waals surface area contributed by atoms with Gasteiger partial charge in [-0.2, -0.15) is 5.10 Å². The minimum atomic E-state index is -1.00. The molecule has 2 aromatic rings. The predicted molar refractivity (Wildman–Crippen MR) is 76.7 cm³/mol. The van der Waals surface area contributed by atoms with E-state index in [0.717, 1.165) is 25.7 Å². The molecule has 5 heteroatoms. The Hall–Kier alpha value is -2.17. The van der Waals surface area contributed by atoms with Crippen LogP contribution < -0.4 is 0 Å². The van der Waals surface area contributed by atoms with Gasteiger partial charge in [-0.3, -0.25) is 4.68 Å². The van der Waals surface area contributed by atoms with E-state index in [1.165, 1.54) is 24.8 Å². The van der Waals surface area contributed by atoms with E-state index in [1.54, 1.807) is 12.1 Å². The third-order valence-electron chi connectivity index (χ3n) is 4.06. The molecule has 0 saturated heterocycles. The van der Waals surface area contributed by atoms with Gasteiger partial charge in [0.15, 0.2) is 0 Å². The van der Waals surface area contributed by atoms with E-state index in [1.807, 2.05) is 4.68 Å². The van der Waals surface area contributed by atoms with Crippen LogP contribution in [0.15, 0.2) is 30.5 Å². The Morgan fingerprint density at radius 3 is 2.48 bits per heavy atom. The van der Waals surface area contributed by atoms with E-state index >= 15 is 0 Å². The lowest BCUT2D eigenvalue weighted by atomic mass is 9.95. The van der Waals surface area contributed by atoms with E-state index in [4.69, 9.17) is 0 Å². The zero-order valence-corrected chi connectivity index (χ0v) is 11.6. The number of hydrogen-bond acceptors (Lipinski definition) is 2. The average molecular weight is 288 g/mol. The summed E-state index contributed by atoms with van der Waals surface area (Å²) in [6.45, 7) is 0. The van der Waals surface area contributed by atoms with Crippen LogP contribution in [-0.4, -0.2) is 20.9 Å². The molecule has 0 spiro atoms. The standard InChI is InChI=1S/C16H17FN2O2/c17-12-8-6-11(7-9-12)15-14(16(20)21)10-18-19(15)13-4-2-1-3-5-13/h6-10,13H,1-5H2,(H,20,21). The van der Waals surface area contributed by atoms with Crippen LogP contribution in [0, 0.1) is 5.82 Å². The molecule has 1 aliphatic rings. The van der Waals surface area contributed by atoms with Crippen molar-refractivity contribution in [3.63, 3.8) is 0 Å². The molecule has 1 fully saturated rings. The van der Waals surface area contributed by atoms with Gasteiger partial charge in [0.05, 0.1) is 17.9 Å². The summed E-state index contributed by atoms with van der Waals surface area (Å²) in [5, 5.41) is 13.7. The summed E-state index contributed by atoms with van der Waals surface area (Å²) in [7, 11) is 0. The van der Waals surface area contributed by atoms with Crippen molar-refractivity contribution in [3.8, 4) is 11.3 Å². The van der Waals surface area contributed by atoms with Crippen molar-refractivity contribution < 1.29 is 14.3 Å². The van der Waals surface area contributed by atoms with E-state index < -0.39 is 5.97 Å². The van der Waals surface area contributed by atoms with Crippen LogP contribution in [-0.2, 0) is 0 Å². The van der Waals surface area contributed by atoms with Crippen molar-refractivity contribution in [2.45, 2.75) is 38.1 Å². The van der Waals surface area contributed by atoms with Crippen molar-refractivity contribution in [1.29, 1.82) is 0 Å². The van der Waals surface area contributed by atoms with Gasteiger partial charge in [-0.1, -0.05) is 19.3 Å². The first-order valence-corrected chi connectivity index (χ1v) is 7.23. The first kappa shape index (κ1) is 13.8. The van der Waals surface area contributed by atoms with E-state index in [-0.39, 0.29) is 17.4 Å². The summed E-state index contributed by atoms with van der Waals surface area (Å²) in [6.07, 6.45) is 6.90. The Morgan fingerprint density at radius 2 is 1.86 bits per heavy atom. The molecule has 1 aliphatic carbocycles. The Morgan fingerprint density at radius 1 is 1.19 bits per heavy atom. The van der Waals surface area contributed by atoms with Gasteiger partial charge in [-0.25, -0.2) is 9.18 Å². The number of benzene rings is 1. The number of carboxylic acids is 1. The van der Waals surface area contributed by atoms with Gasteiger partial charge in [-0.05, 0) is 37.1 Å². The molecule has 3 rings (SSSR count). The highest BCUT2D eigenvalue weighted by Crippen LogP contribution is 2.33. The number of hydrogen-bond donors (Lipinski definition) is 1. The molecule has 110 valence electrons. The van der Waals surface area contributed by atoms with Crippen LogP contribution in [0.5, 0.6) is 0 Å². The molecular formula is C16H17FN2O2. The van der Waals surface area contributed by atoms with Crippen LogP contribution in [0.3, 0.4) is 0 Å². The van der Waals surface area contributed by atoms with E-state index in [0.29, 0.717) is 11.3 Å². The van der Waals surface area contributed by atoms with Gasteiger partial charge in [0.25, 0.3) is 0 Å². The molecule has 0 atom stereocenters. The highest BCUT2D eigenvalue weighted by atomic mass is 19.1. The zero-order chi connectivity index (χ0) is 14.8. The van der Waals surface area contributed by atoms with Crippen LogP contribution in [0.2, 0.25) is 0 Å². The number of halogens is 1. The molecule has 0 radical (unpaired) electrons. The second kappa shape index (κ2) is 5.68. The smallest absolute Gasteiger partial charge is 0.339 e. The number of carbonyl (C=O) groups is 1. The maximum atomic E-state index is 13.1. The fraction of sp³-hybridized carbons (Fsp3) is 0.375. The Labute approximate surface area is 122 Å². The summed E-state index contributed by atoms with van der Waals surface area (Å²) in [5.74, 6) is -1.34. The SMILES string of the molecule is O=C(O)c1cnn(C2CCCCC2)c1-c1ccc(F)cc1. The fourth-order valence-corrected chi connectivity index (χ4v) is 3.02. The highest BCUT2D eigenvalue weighted by Gasteiger charge is 2.24. The molecule has 1 heterocycles. The first-order chi connectivity index (χ1) is 10.2. The molecule has 1 N–H and O–H groups in total. The monoisotopic (exact) mass is 288 g/mol. The third kappa shape index (κ3) is 2.68. The topological polar surface area (TPSA) is 55.1 Å². The van der Waals surface area contributed by atoms with Crippen molar-refractivity contribution in [2.24, 2.45) is 0 Å². The second-order valence-corrected chi connectivity index (χ2v) is 5.46. The summed E-state index contributed by atoms with van der Waals surface area (Å²) < 4.78 is 14.9. The summed E-state index contributed by atoms with van der Waals surface area (Å²) in [6, 6.07) is 6.14. The molecule has 0 aliphatic heterocycles. The molecule has 1 aromatic heterocycles. The van der Waals surface area contributed by atoms with E-state index in [9.17, 15) is 14.3 Å². The maximum Gasteiger partial charge on any atom is 0.339 e. The first-order valence-electron chi connectivity index (χ1n) is 7.23. The lowest BCUT2D eigenvalue weighted by Gasteiger charge is -2.24. The number of aromatic nitrogens is 2. The normalized spacial score (nSPS) is 16.0. The average Bonchev–Trinajstić information content (AvgIpc) is 2.94. The summed E-state index contributed by atoms with van der Waals surface area (Å²) in [5.41, 5.74) is 1.44. The lowest BCUT2D eigenvalue weighted by Crippen LogP contribution is -2.15. The largest absolute Gasteiger partial charge is 0.478 e. The second-order valence-electron chi connectivity index (χ2n) is 5.46. The van der Waals surface area contributed by atoms with Crippen molar-refractivity contribution in [1.82, 2.24) is 9.78 Å². The molecule has 4 nitrogen and oxygen atoms in total. The van der Waals surface area contributed by atoms with Crippen LogP contribution in [0.1, 0.15) is 48.5 Å². The number of nitrogens with zero attached hydrogens (tertiary/aromatic N) is 2. The van der Waals surface area contributed by atoms with Gasteiger partial charge < -0.3 is 5.11 Å². The molecule has 0 unspecified atom stereocenters. The van der Waals surface area contributed by atoms with Gasteiger partial charge in [0, 0.05) is 5.56 Å². The van der Waals surface area contributed by atoms with E-state index in [2.05, 4.69) is 5.10 Å². The fourth-order valence-electron chi connectivity index (χ4n) is 3.02. The van der Waals surface area contributed by atoms with Gasteiger partial charge in [0.1, 0.15) is 11.4 Å².